The minimum Gasteiger partial charge on any atom is -0.229 e. The van der Waals surface area contributed by atoms with E-state index in [1.54, 1.807) is 0 Å². The fraction of sp³-hybridized carbons (Fsp3) is 1.00. The molecule has 0 spiro atoms. The highest BCUT2D eigenvalue weighted by Gasteiger charge is 2.22. The Hall–Kier alpha value is -0.0900. The first-order chi connectivity index (χ1) is 5.24. The van der Waals surface area contributed by atoms with Crippen LogP contribution in [0.25, 0.3) is 0 Å². The van der Waals surface area contributed by atoms with Crippen LogP contribution >= 0.6 is 0 Å². The first-order valence-electron chi connectivity index (χ1n) is 4.24. The largest absolute Gasteiger partial charge is 0.229 e. The van der Waals surface area contributed by atoms with Crippen LogP contribution in [-0.2, 0) is 10.0 Å². The highest BCUT2D eigenvalue weighted by Crippen LogP contribution is 2.21. The lowest BCUT2D eigenvalue weighted by atomic mass is 9.87. The maximum absolute atomic E-state index is 10.8. The topological polar surface area (TPSA) is 60.2 Å². The third-order valence-corrected chi connectivity index (χ3v) is 2.99. The molecule has 0 saturated heterocycles. The van der Waals surface area contributed by atoms with E-state index < -0.39 is 10.0 Å². The number of rotatable bonds is 4. The Labute approximate surface area is 75.4 Å². The molecular weight excluding hydrogens is 174 g/mol. The highest BCUT2D eigenvalue weighted by molar-refractivity contribution is 7.89. The van der Waals surface area contributed by atoms with Crippen molar-refractivity contribution in [2.45, 2.75) is 27.7 Å². The summed E-state index contributed by atoms with van der Waals surface area (Å²) < 4.78 is 21.7. The summed E-state index contributed by atoms with van der Waals surface area (Å²) in [5.74, 6) is 0.995. The number of nitrogens with two attached hydrogens (primary N) is 1. The zero-order chi connectivity index (χ0) is 9.94. The number of hydrogen-bond donors (Lipinski definition) is 1. The van der Waals surface area contributed by atoms with Crippen LogP contribution in [0, 0.1) is 17.8 Å². The van der Waals surface area contributed by atoms with Gasteiger partial charge in [-0.1, -0.05) is 27.7 Å². The van der Waals surface area contributed by atoms with Gasteiger partial charge in [0.1, 0.15) is 0 Å². The zero-order valence-electron chi connectivity index (χ0n) is 8.24. The van der Waals surface area contributed by atoms with Crippen molar-refractivity contribution in [3.63, 3.8) is 0 Å². The van der Waals surface area contributed by atoms with Crippen molar-refractivity contribution in [1.29, 1.82) is 0 Å². The summed E-state index contributed by atoms with van der Waals surface area (Å²) in [6.07, 6.45) is 0. The lowest BCUT2D eigenvalue weighted by molar-refractivity contribution is 0.317. The van der Waals surface area contributed by atoms with Gasteiger partial charge in [0.2, 0.25) is 10.0 Å². The Morgan fingerprint density at radius 2 is 1.42 bits per heavy atom. The predicted octanol–water partition coefficient (Wildman–Crippen LogP) is 1.20. The molecule has 0 heterocycles. The van der Waals surface area contributed by atoms with Gasteiger partial charge in [-0.3, -0.25) is 0 Å². The summed E-state index contributed by atoms with van der Waals surface area (Å²) in [5.41, 5.74) is 0. The van der Waals surface area contributed by atoms with Crippen LogP contribution in [0.4, 0.5) is 0 Å². The highest BCUT2D eigenvalue weighted by atomic mass is 32.2. The van der Waals surface area contributed by atoms with Gasteiger partial charge in [-0.25, -0.2) is 13.6 Å². The Morgan fingerprint density at radius 3 is 1.50 bits per heavy atom. The molecule has 0 rings (SSSR count). The summed E-state index contributed by atoms with van der Waals surface area (Å²) in [6.45, 7) is 8.09. The molecule has 0 atom stereocenters. The molecule has 4 heteroatoms. The van der Waals surface area contributed by atoms with Crippen molar-refractivity contribution in [3.05, 3.63) is 0 Å². The maximum atomic E-state index is 10.8. The fourth-order valence-electron chi connectivity index (χ4n) is 1.42. The first kappa shape index (κ1) is 11.9. The molecule has 0 aliphatic carbocycles. The standard InChI is InChI=1S/C8H19NO2S/c1-6(2)8(7(3)4)5-12(9,10)11/h6-8H,5H2,1-4H3,(H2,9,10,11). The summed E-state index contributed by atoms with van der Waals surface area (Å²) in [4.78, 5) is 0. The maximum Gasteiger partial charge on any atom is 0.209 e. The molecule has 0 radical (unpaired) electrons. The van der Waals surface area contributed by atoms with Gasteiger partial charge < -0.3 is 0 Å². The summed E-state index contributed by atoms with van der Waals surface area (Å²) in [5, 5.41) is 4.98. The first-order valence-corrected chi connectivity index (χ1v) is 5.96. The van der Waals surface area contributed by atoms with Gasteiger partial charge in [-0.15, -0.1) is 0 Å². The molecule has 3 nitrogen and oxygen atoms in total. The number of primary sulfonamides is 1. The Bertz CT molecular complexity index is 211. The van der Waals surface area contributed by atoms with Gasteiger partial charge in [0, 0.05) is 0 Å². The Morgan fingerprint density at radius 1 is 1.08 bits per heavy atom. The van der Waals surface area contributed by atoms with Gasteiger partial charge in [-0.2, -0.15) is 0 Å². The van der Waals surface area contributed by atoms with Crippen LogP contribution < -0.4 is 5.14 Å². The second-order valence-corrected chi connectivity index (χ2v) is 5.64. The zero-order valence-corrected chi connectivity index (χ0v) is 9.06. The van der Waals surface area contributed by atoms with E-state index in [0.29, 0.717) is 11.8 Å². The third-order valence-electron chi connectivity index (χ3n) is 2.14. The normalized spacial score (nSPS) is 13.3. The lowest BCUT2D eigenvalue weighted by Gasteiger charge is -2.23. The van der Waals surface area contributed by atoms with Crippen molar-refractivity contribution < 1.29 is 8.42 Å². The van der Waals surface area contributed by atoms with Gasteiger partial charge in [-0.05, 0) is 17.8 Å². The second-order valence-electron chi connectivity index (χ2n) is 3.98. The molecule has 74 valence electrons. The number of sulfonamides is 1. The van der Waals surface area contributed by atoms with E-state index in [0.717, 1.165) is 0 Å². The van der Waals surface area contributed by atoms with Crippen molar-refractivity contribution >= 4 is 10.0 Å². The average Bonchev–Trinajstić information content (AvgIpc) is 1.79. The molecule has 0 fully saturated rings. The van der Waals surface area contributed by atoms with Gasteiger partial charge >= 0.3 is 0 Å². The smallest absolute Gasteiger partial charge is 0.209 e. The van der Waals surface area contributed by atoms with Crippen LogP contribution in [-0.4, -0.2) is 14.2 Å². The van der Waals surface area contributed by atoms with Crippen LogP contribution in [0.5, 0.6) is 0 Å². The van der Waals surface area contributed by atoms with Gasteiger partial charge in [0.15, 0.2) is 0 Å². The van der Waals surface area contributed by atoms with E-state index in [9.17, 15) is 8.42 Å². The fourth-order valence-corrected chi connectivity index (χ4v) is 2.73. The Kier molecular flexibility index (Phi) is 4.20. The van der Waals surface area contributed by atoms with Crippen LogP contribution in [0.3, 0.4) is 0 Å². The van der Waals surface area contributed by atoms with E-state index >= 15 is 0 Å². The van der Waals surface area contributed by atoms with E-state index in [1.165, 1.54) is 0 Å². The molecule has 0 amide bonds. The monoisotopic (exact) mass is 193 g/mol. The Balaban J connectivity index is 4.35. The van der Waals surface area contributed by atoms with Gasteiger partial charge in [0.25, 0.3) is 0 Å². The van der Waals surface area contributed by atoms with E-state index in [-0.39, 0.29) is 11.7 Å². The third kappa shape index (κ3) is 4.72. The van der Waals surface area contributed by atoms with Crippen molar-refractivity contribution in [2.24, 2.45) is 22.9 Å². The van der Waals surface area contributed by atoms with E-state index in [4.69, 9.17) is 5.14 Å². The second kappa shape index (κ2) is 4.23. The molecule has 0 aromatic rings. The predicted molar refractivity (Wildman–Crippen MR) is 51.1 cm³/mol. The summed E-state index contributed by atoms with van der Waals surface area (Å²) in [6, 6.07) is 0. The molecule has 0 aliphatic heterocycles. The van der Waals surface area contributed by atoms with Gasteiger partial charge in [0.05, 0.1) is 5.75 Å². The van der Waals surface area contributed by atoms with Crippen LogP contribution in [0.1, 0.15) is 27.7 Å². The van der Waals surface area contributed by atoms with E-state index in [2.05, 4.69) is 0 Å². The van der Waals surface area contributed by atoms with Crippen LogP contribution in [0.15, 0.2) is 0 Å². The summed E-state index contributed by atoms with van der Waals surface area (Å²) >= 11 is 0. The molecule has 0 saturated carbocycles. The van der Waals surface area contributed by atoms with E-state index in [1.807, 2.05) is 27.7 Å². The van der Waals surface area contributed by atoms with Crippen molar-refractivity contribution in [3.8, 4) is 0 Å². The molecule has 0 aromatic carbocycles. The molecule has 0 aliphatic rings. The van der Waals surface area contributed by atoms with Crippen molar-refractivity contribution in [1.82, 2.24) is 0 Å². The molecule has 0 unspecified atom stereocenters. The molecule has 0 aromatic heterocycles. The SMILES string of the molecule is CC(C)C(CS(N)(=O)=O)C(C)C. The lowest BCUT2D eigenvalue weighted by Crippen LogP contribution is -2.29. The molecule has 12 heavy (non-hydrogen) atoms. The quantitative estimate of drug-likeness (QED) is 0.729. The molecular formula is C8H19NO2S. The minimum absolute atomic E-state index is 0.0995. The van der Waals surface area contributed by atoms with Crippen molar-refractivity contribution in [2.75, 3.05) is 5.75 Å². The number of hydrogen-bond acceptors (Lipinski definition) is 2. The molecule has 2 N–H and O–H groups in total. The summed E-state index contributed by atoms with van der Waals surface area (Å²) in [7, 11) is -3.31. The minimum atomic E-state index is -3.31. The van der Waals surface area contributed by atoms with Crippen LogP contribution in [0.2, 0.25) is 0 Å². The molecule has 0 bridgehead atoms. The average molecular weight is 193 g/mol.